The molecular weight excluding hydrogens is 648 g/mol. The molecule has 0 spiro atoms. The number of likely N-dealkylation sites (tertiary alicyclic amines) is 1. The number of carbonyl (C=O) groups excluding carboxylic acids is 2. The van der Waals surface area contributed by atoms with E-state index in [-0.39, 0.29) is 18.2 Å². The van der Waals surface area contributed by atoms with E-state index in [9.17, 15) is 9.59 Å². The van der Waals surface area contributed by atoms with E-state index < -0.39 is 10.8 Å². The number of morpholine rings is 1. The van der Waals surface area contributed by atoms with Crippen molar-refractivity contribution >= 4 is 62.0 Å². The molecule has 2 aliphatic heterocycles. The highest BCUT2D eigenvalue weighted by molar-refractivity contribution is 9.10. The molecule has 0 bridgehead atoms. The van der Waals surface area contributed by atoms with E-state index in [0.29, 0.717) is 31.3 Å². The Morgan fingerprint density at radius 2 is 1.86 bits per heavy atom. The fourth-order valence-corrected chi connectivity index (χ4v) is 7.87. The van der Waals surface area contributed by atoms with Crippen molar-refractivity contribution < 1.29 is 14.3 Å². The van der Waals surface area contributed by atoms with Gasteiger partial charge in [0.2, 0.25) is 11.8 Å². The maximum absolute atomic E-state index is 14.6. The first kappa shape index (κ1) is 30.2. The lowest BCUT2D eigenvalue weighted by Crippen LogP contribution is -2.50. The number of carbonyl (C=O) groups is 2. The van der Waals surface area contributed by atoms with Gasteiger partial charge in [-0.3, -0.25) is 14.5 Å². The standard InChI is InChI=1S/C33H34BrClN4O3S/c1-22-2-9-26(10-3-22)43-33(32(41)36-12-13-38-14-16-42-17-15-38)19-30(40)39(21-23-4-6-24(34)7-5-23)31(33)28-20-37-29-18-25(35)8-11-27(28)29/h2-11,18,20,31,37H,12-17,19,21H2,1H3,(H,36,41)/t31-,33?/m0/s1. The number of nitrogens with zero attached hydrogens (tertiary/aromatic N) is 2. The third-order valence-corrected chi connectivity index (χ3v) is 10.4. The summed E-state index contributed by atoms with van der Waals surface area (Å²) >= 11 is 11.3. The summed E-state index contributed by atoms with van der Waals surface area (Å²) in [6, 6.07) is 21.3. The van der Waals surface area contributed by atoms with Crippen LogP contribution in [0.5, 0.6) is 0 Å². The highest BCUT2D eigenvalue weighted by atomic mass is 79.9. The molecule has 2 amide bonds. The van der Waals surface area contributed by atoms with Gasteiger partial charge >= 0.3 is 0 Å². The molecule has 43 heavy (non-hydrogen) atoms. The Kier molecular flexibility index (Phi) is 9.16. The van der Waals surface area contributed by atoms with Gasteiger partial charge in [0.05, 0.1) is 25.7 Å². The fraction of sp³-hybridized carbons (Fsp3) is 0.333. The van der Waals surface area contributed by atoms with Crippen LogP contribution in [0, 0.1) is 6.92 Å². The molecule has 6 rings (SSSR count). The van der Waals surface area contributed by atoms with E-state index in [1.807, 2.05) is 84.8 Å². The van der Waals surface area contributed by atoms with Gasteiger partial charge in [0.25, 0.3) is 0 Å². The lowest BCUT2D eigenvalue weighted by Gasteiger charge is -2.36. The van der Waals surface area contributed by atoms with Crippen molar-refractivity contribution in [3.8, 4) is 0 Å². The van der Waals surface area contributed by atoms with Gasteiger partial charge in [0.15, 0.2) is 0 Å². The van der Waals surface area contributed by atoms with Gasteiger partial charge in [-0.15, -0.1) is 11.8 Å². The van der Waals surface area contributed by atoms with Crippen molar-refractivity contribution in [1.29, 1.82) is 0 Å². The zero-order valence-corrected chi connectivity index (χ0v) is 27.1. The summed E-state index contributed by atoms with van der Waals surface area (Å²) < 4.78 is 5.35. The topological polar surface area (TPSA) is 77.7 Å². The first-order valence-corrected chi connectivity index (χ1v) is 16.5. The van der Waals surface area contributed by atoms with E-state index in [0.717, 1.165) is 56.6 Å². The zero-order chi connectivity index (χ0) is 30.0. The quantitative estimate of drug-likeness (QED) is 0.216. The smallest absolute Gasteiger partial charge is 0.239 e. The summed E-state index contributed by atoms with van der Waals surface area (Å²) in [7, 11) is 0. The summed E-state index contributed by atoms with van der Waals surface area (Å²) in [5.41, 5.74) is 3.90. The van der Waals surface area contributed by atoms with Gasteiger partial charge < -0.3 is 19.9 Å². The number of amides is 2. The average Bonchev–Trinajstić information content (AvgIpc) is 3.53. The summed E-state index contributed by atoms with van der Waals surface area (Å²) in [5, 5.41) is 4.81. The lowest BCUT2D eigenvalue weighted by atomic mass is 9.91. The van der Waals surface area contributed by atoms with Crippen LogP contribution in [-0.4, -0.2) is 70.7 Å². The second kappa shape index (κ2) is 13.0. The number of aromatic nitrogens is 1. The molecule has 0 radical (unpaired) electrons. The summed E-state index contributed by atoms with van der Waals surface area (Å²) in [4.78, 5) is 37.1. The molecule has 10 heteroatoms. The van der Waals surface area contributed by atoms with Crippen LogP contribution in [-0.2, 0) is 20.9 Å². The minimum atomic E-state index is -1.11. The molecule has 2 saturated heterocycles. The van der Waals surface area contributed by atoms with Crippen molar-refractivity contribution in [2.45, 2.75) is 35.6 Å². The SMILES string of the molecule is Cc1ccc(SC2(C(=O)NCCN3CCOCC3)CC(=O)N(Cc3ccc(Br)cc3)[C@H]2c2c[nH]c3cc(Cl)ccc23)cc1. The Labute approximate surface area is 269 Å². The molecule has 1 unspecified atom stereocenters. The molecule has 2 N–H and O–H groups in total. The van der Waals surface area contributed by atoms with Crippen molar-refractivity contribution in [2.75, 3.05) is 39.4 Å². The number of thioether (sulfide) groups is 1. The van der Waals surface area contributed by atoms with Crippen molar-refractivity contribution in [3.63, 3.8) is 0 Å². The van der Waals surface area contributed by atoms with E-state index in [1.165, 1.54) is 11.8 Å². The third-order valence-electron chi connectivity index (χ3n) is 8.25. The van der Waals surface area contributed by atoms with Crippen molar-refractivity contribution in [1.82, 2.24) is 20.1 Å². The van der Waals surface area contributed by atoms with Gasteiger partial charge in [0, 0.05) is 69.8 Å². The number of nitrogens with one attached hydrogen (secondary N) is 2. The molecule has 0 saturated carbocycles. The fourth-order valence-electron chi connectivity index (χ4n) is 6.01. The average molecular weight is 682 g/mol. The number of halogens is 2. The van der Waals surface area contributed by atoms with Gasteiger partial charge in [-0.05, 0) is 48.9 Å². The second-order valence-corrected chi connectivity index (χ2v) is 13.9. The molecule has 0 aliphatic carbocycles. The van der Waals surface area contributed by atoms with Gasteiger partial charge in [0.1, 0.15) is 4.75 Å². The molecule has 2 fully saturated rings. The maximum atomic E-state index is 14.6. The second-order valence-electron chi connectivity index (χ2n) is 11.2. The highest BCUT2D eigenvalue weighted by Gasteiger charge is 2.58. The predicted octanol–water partition coefficient (Wildman–Crippen LogP) is 6.35. The number of aryl methyl sites for hydroxylation is 1. The van der Waals surface area contributed by atoms with Crippen LogP contribution in [0.4, 0.5) is 0 Å². The monoisotopic (exact) mass is 680 g/mol. The molecule has 4 aromatic rings. The Hall–Kier alpha value is -2.82. The Morgan fingerprint density at radius 1 is 1.12 bits per heavy atom. The number of fused-ring (bicyclic) bond motifs is 1. The largest absolute Gasteiger partial charge is 0.379 e. The zero-order valence-electron chi connectivity index (χ0n) is 23.9. The van der Waals surface area contributed by atoms with E-state index >= 15 is 0 Å². The predicted molar refractivity (Wildman–Crippen MR) is 175 cm³/mol. The van der Waals surface area contributed by atoms with Crippen LogP contribution in [0.15, 0.2) is 82.3 Å². The number of hydrogen-bond donors (Lipinski definition) is 2. The number of benzene rings is 3. The Balaban J connectivity index is 1.42. The van der Waals surface area contributed by atoms with Gasteiger partial charge in [-0.2, -0.15) is 0 Å². The Morgan fingerprint density at radius 3 is 2.60 bits per heavy atom. The van der Waals surface area contributed by atoms with Gasteiger partial charge in [-0.25, -0.2) is 0 Å². The molecule has 2 atom stereocenters. The molecule has 224 valence electrons. The van der Waals surface area contributed by atoms with Crippen molar-refractivity contribution in [2.24, 2.45) is 0 Å². The first-order chi connectivity index (χ1) is 20.8. The molecule has 2 aliphatic rings. The third kappa shape index (κ3) is 6.51. The lowest BCUT2D eigenvalue weighted by molar-refractivity contribution is -0.129. The van der Waals surface area contributed by atoms with Crippen molar-refractivity contribution in [3.05, 3.63) is 99.1 Å². The van der Waals surface area contributed by atoms with Gasteiger partial charge in [-0.1, -0.05) is 63.4 Å². The van der Waals surface area contributed by atoms with E-state index in [1.54, 1.807) is 0 Å². The number of rotatable bonds is 9. The number of ether oxygens (including phenoxy) is 1. The van der Waals surface area contributed by atoms with Crippen LogP contribution in [0.25, 0.3) is 10.9 Å². The molecular formula is C33H34BrClN4O3S. The summed E-state index contributed by atoms with van der Waals surface area (Å²) in [5.74, 6) is -0.189. The molecule has 7 nitrogen and oxygen atoms in total. The van der Waals surface area contributed by atoms with Crippen LogP contribution in [0.1, 0.15) is 29.2 Å². The van der Waals surface area contributed by atoms with E-state index in [4.69, 9.17) is 16.3 Å². The molecule has 3 heterocycles. The van der Waals surface area contributed by atoms with Crippen LogP contribution >= 0.6 is 39.3 Å². The highest BCUT2D eigenvalue weighted by Crippen LogP contribution is 2.54. The normalized spacial score (nSPS) is 21.0. The number of H-pyrrole nitrogens is 1. The molecule has 3 aromatic carbocycles. The van der Waals surface area contributed by atoms with Crippen LogP contribution in [0.2, 0.25) is 5.02 Å². The summed E-state index contributed by atoms with van der Waals surface area (Å²) in [6.45, 7) is 6.74. The molecule has 1 aromatic heterocycles. The minimum absolute atomic E-state index is 0.0563. The van der Waals surface area contributed by atoms with E-state index in [2.05, 4.69) is 31.1 Å². The van der Waals surface area contributed by atoms with Crippen LogP contribution in [0.3, 0.4) is 0 Å². The maximum Gasteiger partial charge on any atom is 0.239 e. The number of aromatic amines is 1. The van der Waals surface area contributed by atoms with Crippen LogP contribution < -0.4 is 5.32 Å². The minimum Gasteiger partial charge on any atom is -0.379 e. The summed E-state index contributed by atoms with van der Waals surface area (Å²) in [6.07, 6.45) is 2.01. The number of hydrogen-bond acceptors (Lipinski definition) is 5. The Bertz CT molecular complexity index is 1610. The first-order valence-electron chi connectivity index (χ1n) is 14.5.